The summed E-state index contributed by atoms with van der Waals surface area (Å²) < 4.78 is 9.33. The largest absolute Gasteiger partial charge is 0.319 e. The Labute approximate surface area is 125 Å². The van der Waals surface area contributed by atoms with Crippen LogP contribution < -0.4 is 5.32 Å². The summed E-state index contributed by atoms with van der Waals surface area (Å²) in [6.45, 7) is 1.96. The van der Waals surface area contributed by atoms with Gasteiger partial charge in [-0.1, -0.05) is 6.07 Å². The minimum Gasteiger partial charge on any atom is -0.319 e. The molecule has 1 N–H and O–H groups in total. The number of nitrogens with zero attached hydrogens (tertiary/aromatic N) is 2. The van der Waals surface area contributed by atoms with E-state index in [1.54, 1.807) is 0 Å². The van der Waals surface area contributed by atoms with Gasteiger partial charge in [-0.25, -0.2) is 0 Å². The maximum absolute atomic E-state index is 12.2. The molecule has 0 atom stereocenters. The van der Waals surface area contributed by atoms with Crippen molar-refractivity contribution in [3.8, 4) is 0 Å². The lowest BCUT2D eigenvalue weighted by Gasteiger charge is -2.06. The molecular formula is C12H8BrN3OS2. The lowest BCUT2D eigenvalue weighted by atomic mass is 10.2. The molecule has 2 heterocycles. The van der Waals surface area contributed by atoms with Gasteiger partial charge in [0.15, 0.2) is 0 Å². The standard InChI is InChI=1S/C12H8BrN3OS2/c1-6-5-9(18-11(6)13)12(17)14-7-3-2-4-8-10(7)16-19-15-8/h2-5H,1H3,(H,14,17). The van der Waals surface area contributed by atoms with E-state index in [-0.39, 0.29) is 5.91 Å². The number of benzene rings is 1. The number of fused-ring (bicyclic) bond motifs is 1. The van der Waals surface area contributed by atoms with E-state index >= 15 is 0 Å². The number of carbonyl (C=O) groups is 1. The average Bonchev–Trinajstić information content (AvgIpc) is 2.98. The normalized spacial score (nSPS) is 12.1. The molecule has 0 saturated carbocycles. The van der Waals surface area contributed by atoms with Crippen LogP contribution in [-0.4, -0.2) is 5.91 Å². The van der Waals surface area contributed by atoms with E-state index in [1.807, 2.05) is 31.2 Å². The zero-order chi connectivity index (χ0) is 13.4. The predicted octanol–water partition coefficient (Wildman–Crippen LogP) is 4.80. The molecule has 1 aliphatic heterocycles. The number of amides is 1. The number of nitrogens with one attached hydrogen (secondary N) is 1. The minimum atomic E-state index is -0.126. The molecule has 7 heteroatoms. The van der Waals surface area contributed by atoms with Crippen LogP contribution in [0.15, 0.2) is 36.8 Å². The summed E-state index contributed by atoms with van der Waals surface area (Å²) >= 11 is 5.98. The highest BCUT2D eigenvalue weighted by Crippen LogP contribution is 2.38. The molecule has 4 nitrogen and oxygen atoms in total. The van der Waals surface area contributed by atoms with Crippen molar-refractivity contribution < 1.29 is 4.79 Å². The first-order valence-corrected chi connectivity index (χ1v) is 7.77. The van der Waals surface area contributed by atoms with Crippen LogP contribution in [0.1, 0.15) is 15.2 Å². The maximum atomic E-state index is 12.2. The fourth-order valence-corrected chi connectivity index (χ4v) is 3.64. The summed E-state index contributed by atoms with van der Waals surface area (Å²) in [4.78, 5) is 12.8. The zero-order valence-electron chi connectivity index (χ0n) is 9.81. The Bertz CT molecular complexity index is 728. The second kappa shape index (κ2) is 4.99. The highest BCUT2D eigenvalue weighted by molar-refractivity contribution is 9.11. The number of hydrogen-bond acceptors (Lipinski definition) is 4. The van der Waals surface area contributed by atoms with Crippen molar-refractivity contribution in [1.29, 1.82) is 0 Å². The van der Waals surface area contributed by atoms with Crippen LogP contribution in [0.2, 0.25) is 0 Å². The van der Waals surface area contributed by atoms with Crippen LogP contribution in [-0.2, 0) is 11.4 Å². The number of anilines is 1. The SMILES string of the molecule is Cc1cc(C(=O)Nc2cccc3c2N=S=N3)sc1Br. The Morgan fingerprint density at radius 2 is 2.21 bits per heavy atom. The van der Waals surface area contributed by atoms with Gasteiger partial charge in [0.25, 0.3) is 5.91 Å². The summed E-state index contributed by atoms with van der Waals surface area (Å²) in [6, 6.07) is 7.43. The third-order valence-corrected chi connectivity index (χ3v) is 5.29. The van der Waals surface area contributed by atoms with E-state index in [1.165, 1.54) is 11.3 Å². The molecule has 96 valence electrons. The molecule has 2 aromatic rings. The van der Waals surface area contributed by atoms with Crippen LogP contribution >= 0.6 is 27.3 Å². The zero-order valence-corrected chi connectivity index (χ0v) is 13.0. The molecule has 0 bridgehead atoms. The van der Waals surface area contributed by atoms with E-state index in [4.69, 9.17) is 0 Å². The fraction of sp³-hybridized carbons (Fsp3) is 0.0833. The number of carbonyl (C=O) groups excluding carboxylic acids is 1. The fourth-order valence-electron chi connectivity index (χ4n) is 1.66. The maximum Gasteiger partial charge on any atom is 0.265 e. The van der Waals surface area contributed by atoms with Crippen LogP contribution in [0.3, 0.4) is 0 Å². The minimum absolute atomic E-state index is 0.126. The van der Waals surface area contributed by atoms with Gasteiger partial charge in [0.2, 0.25) is 0 Å². The van der Waals surface area contributed by atoms with Crippen molar-refractivity contribution >= 4 is 61.6 Å². The summed E-state index contributed by atoms with van der Waals surface area (Å²) in [7, 11) is 0. The molecule has 1 aromatic heterocycles. The summed E-state index contributed by atoms with van der Waals surface area (Å²) in [5.74, 6) is -0.126. The van der Waals surface area contributed by atoms with Crippen molar-refractivity contribution in [3.63, 3.8) is 0 Å². The Hall–Kier alpha value is -1.31. The van der Waals surface area contributed by atoms with Crippen LogP contribution in [0.5, 0.6) is 0 Å². The van der Waals surface area contributed by atoms with Gasteiger partial charge in [-0.3, -0.25) is 4.79 Å². The number of thiophene rings is 1. The van der Waals surface area contributed by atoms with Gasteiger partial charge in [0.05, 0.1) is 25.7 Å². The van der Waals surface area contributed by atoms with Gasteiger partial charge in [0.1, 0.15) is 11.4 Å². The summed E-state index contributed by atoms with van der Waals surface area (Å²) in [6.07, 6.45) is 0. The molecule has 0 radical (unpaired) electrons. The smallest absolute Gasteiger partial charge is 0.265 e. The number of hydrogen-bond donors (Lipinski definition) is 1. The topological polar surface area (TPSA) is 53.8 Å². The quantitative estimate of drug-likeness (QED) is 0.706. The molecule has 19 heavy (non-hydrogen) atoms. The number of halogens is 1. The van der Waals surface area contributed by atoms with Crippen molar-refractivity contribution in [2.75, 3.05) is 5.32 Å². The number of rotatable bonds is 2. The highest BCUT2D eigenvalue weighted by Gasteiger charge is 2.15. The van der Waals surface area contributed by atoms with E-state index in [2.05, 4.69) is 30.0 Å². The van der Waals surface area contributed by atoms with E-state index in [0.29, 0.717) is 10.6 Å². The average molecular weight is 354 g/mol. The number of aryl methyl sites for hydroxylation is 1. The van der Waals surface area contributed by atoms with E-state index in [0.717, 1.165) is 32.1 Å². The first-order chi connectivity index (χ1) is 9.15. The van der Waals surface area contributed by atoms with Gasteiger partial charge < -0.3 is 5.32 Å². The third-order valence-electron chi connectivity index (χ3n) is 2.62. The van der Waals surface area contributed by atoms with E-state index in [9.17, 15) is 4.79 Å². The van der Waals surface area contributed by atoms with E-state index < -0.39 is 0 Å². The Morgan fingerprint density at radius 1 is 1.37 bits per heavy atom. The molecule has 1 aliphatic rings. The summed E-state index contributed by atoms with van der Waals surface area (Å²) in [5.41, 5.74) is 3.28. The molecule has 0 saturated heterocycles. The van der Waals surface area contributed by atoms with Gasteiger partial charge in [-0.05, 0) is 46.6 Å². The molecule has 1 amide bonds. The lowest BCUT2D eigenvalue weighted by molar-refractivity contribution is 0.103. The molecule has 1 aromatic carbocycles. The third kappa shape index (κ3) is 2.41. The second-order valence-electron chi connectivity index (χ2n) is 3.96. The van der Waals surface area contributed by atoms with Crippen LogP contribution in [0, 0.1) is 6.92 Å². The molecule has 0 aliphatic carbocycles. The first-order valence-electron chi connectivity index (χ1n) is 5.44. The van der Waals surface area contributed by atoms with Crippen molar-refractivity contribution in [1.82, 2.24) is 0 Å². The van der Waals surface area contributed by atoms with Crippen LogP contribution in [0.4, 0.5) is 17.1 Å². The van der Waals surface area contributed by atoms with Gasteiger partial charge in [0, 0.05) is 0 Å². The van der Waals surface area contributed by atoms with Crippen molar-refractivity contribution in [3.05, 3.63) is 38.5 Å². The van der Waals surface area contributed by atoms with Crippen molar-refractivity contribution in [2.24, 2.45) is 8.73 Å². The molecular weight excluding hydrogens is 346 g/mol. The predicted molar refractivity (Wildman–Crippen MR) is 82.7 cm³/mol. The summed E-state index contributed by atoms with van der Waals surface area (Å²) in [5, 5.41) is 2.88. The molecule has 0 fully saturated rings. The Kier molecular flexibility index (Phi) is 3.34. The molecule has 3 rings (SSSR count). The van der Waals surface area contributed by atoms with Gasteiger partial charge >= 0.3 is 0 Å². The lowest BCUT2D eigenvalue weighted by Crippen LogP contribution is -2.10. The van der Waals surface area contributed by atoms with Crippen molar-refractivity contribution in [2.45, 2.75) is 6.92 Å². The van der Waals surface area contributed by atoms with Gasteiger partial charge in [-0.2, -0.15) is 8.73 Å². The Morgan fingerprint density at radius 3 is 2.95 bits per heavy atom. The first kappa shape index (κ1) is 12.7. The monoisotopic (exact) mass is 353 g/mol. The highest BCUT2D eigenvalue weighted by atomic mass is 79.9. The Balaban J connectivity index is 1.88. The molecule has 0 spiro atoms. The second-order valence-corrected chi connectivity index (χ2v) is 6.86. The van der Waals surface area contributed by atoms with Gasteiger partial charge in [-0.15, -0.1) is 11.3 Å². The van der Waals surface area contributed by atoms with Crippen LogP contribution in [0.25, 0.3) is 0 Å². The molecule has 0 unspecified atom stereocenters.